The Morgan fingerprint density at radius 3 is 2.81 bits per heavy atom. The first-order valence-corrected chi connectivity index (χ1v) is 5.95. The van der Waals surface area contributed by atoms with E-state index >= 15 is 0 Å². The monoisotopic (exact) mass is 281 g/mol. The molecule has 0 amide bonds. The molecule has 0 saturated heterocycles. The van der Waals surface area contributed by atoms with Crippen LogP contribution < -0.4 is 5.73 Å². The number of benzene rings is 1. The first kappa shape index (κ1) is 13.0. The van der Waals surface area contributed by atoms with Gasteiger partial charge in [0.25, 0.3) is 0 Å². The van der Waals surface area contributed by atoms with Gasteiger partial charge in [0.1, 0.15) is 0 Å². The van der Waals surface area contributed by atoms with Gasteiger partial charge in [0.2, 0.25) is 0 Å². The number of anilines is 1. The molecule has 0 bridgehead atoms. The first-order valence-electron chi connectivity index (χ1n) is 5.15. The molecule has 0 radical (unpaired) electrons. The van der Waals surface area contributed by atoms with Gasteiger partial charge in [0, 0.05) is 28.8 Å². The van der Waals surface area contributed by atoms with Crippen LogP contribution in [0.5, 0.6) is 0 Å². The summed E-state index contributed by atoms with van der Waals surface area (Å²) in [7, 11) is 1.99. The zero-order chi connectivity index (χ0) is 12.1. The Kier molecular flexibility index (Phi) is 4.78. The van der Waals surface area contributed by atoms with Gasteiger partial charge in [-0.15, -0.1) is 0 Å². The number of nitrogen functional groups attached to an aromatic ring is 1. The summed E-state index contributed by atoms with van der Waals surface area (Å²) in [5.74, 6) is 0.0358. The van der Waals surface area contributed by atoms with Gasteiger partial charge in [-0.2, -0.15) is 5.26 Å². The summed E-state index contributed by atoms with van der Waals surface area (Å²) >= 11 is 3.49. The van der Waals surface area contributed by atoms with E-state index in [0.717, 1.165) is 28.8 Å². The molecule has 0 saturated carbocycles. The van der Waals surface area contributed by atoms with Crippen molar-refractivity contribution in [2.45, 2.75) is 13.5 Å². The molecule has 1 atom stereocenters. The quantitative estimate of drug-likeness (QED) is 0.864. The molecule has 1 aromatic rings. The van der Waals surface area contributed by atoms with Gasteiger partial charge in [0.15, 0.2) is 0 Å². The van der Waals surface area contributed by atoms with Crippen LogP contribution in [0, 0.1) is 17.2 Å². The molecule has 1 rings (SSSR count). The Balaban J connectivity index is 2.70. The number of nitrogens with two attached hydrogens (primary N) is 1. The summed E-state index contributed by atoms with van der Waals surface area (Å²) < 4.78 is 1.02. The summed E-state index contributed by atoms with van der Waals surface area (Å²) in [5.41, 5.74) is 7.77. The van der Waals surface area contributed by atoms with Crippen LogP contribution >= 0.6 is 15.9 Å². The molecular weight excluding hydrogens is 266 g/mol. The van der Waals surface area contributed by atoms with Gasteiger partial charge in [-0.25, -0.2) is 0 Å². The largest absolute Gasteiger partial charge is 0.398 e. The maximum absolute atomic E-state index is 8.75. The summed E-state index contributed by atoms with van der Waals surface area (Å²) in [5, 5.41) is 8.75. The second-order valence-electron chi connectivity index (χ2n) is 4.03. The van der Waals surface area contributed by atoms with Crippen molar-refractivity contribution in [3.8, 4) is 6.07 Å². The van der Waals surface area contributed by atoms with Crippen LogP contribution in [0.3, 0.4) is 0 Å². The first-order chi connectivity index (χ1) is 7.54. The standard InChI is InChI=1S/C12H16BrN3/c1-9(6-14)7-16(2)8-10-11(13)4-3-5-12(10)15/h3-5,9H,7-8,15H2,1-2H3. The third-order valence-corrected chi connectivity index (χ3v) is 3.13. The number of nitriles is 1. The number of hydrogen-bond acceptors (Lipinski definition) is 3. The van der Waals surface area contributed by atoms with Crippen LogP contribution in [0.25, 0.3) is 0 Å². The highest BCUT2D eigenvalue weighted by Crippen LogP contribution is 2.23. The van der Waals surface area contributed by atoms with Crippen LogP contribution in [0.1, 0.15) is 12.5 Å². The van der Waals surface area contributed by atoms with Gasteiger partial charge < -0.3 is 10.6 Å². The van der Waals surface area contributed by atoms with Gasteiger partial charge in [0.05, 0.1) is 12.0 Å². The maximum atomic E-state index is 8.75. The van der Waals surface area contributed by atoms with E-state index in [1.54, 1.807) is 0 Å². The lowest BCUT2D eigenvalue weighted by molar-refractivity contribution is 0.303. The predicted octanol–water partition coefficient (Wildman–Crippen LogP) is 2.62. The van der Waals surface area contributed by atoms with E-state index in [1.807, 2.05) is 32.2 Å². The molecule has 3 nitrogen and oxygen atoms in total. The summed E-state index contributed by atoms with van der Waals surface area (Å²) in [6.45, 7) is 3.41. The topological polar surface area (TPSA) is 53.0 Å². The number of hydrogen-bond donors (Lipinski definition) is 1. The van der Waals surface area contributed by atoms with Crippen molar-refractivity contribution in [1.82, 2.24) is 4.90 Å². The smallest absolute Gasteiger partial charge is 0.0666 e. The maximum Gasteiger partial charge on any atom is 0.0666 e. The molecular formula is C12H16BrN3. The molecule has 0 aliphatic rings. The van der Waals surface area contributed by atoms with Crippen LogP contribution in [0.2, 0.25) is 0 Å². The zero-order valence-electron chi connectivity index (χ0n) is 9.57. The predicted molar refractivity (Wildman–Crippen MR) is 69.7 cm³/mol. The highest BCUT2D eigenvalue weighted by molar-refractivity contribution is 9.10. The highest BCUT2D eigenvalue weighted by atomic mass is 79.9. The van der Waals surface area contributed by atoms with E-state index in [-0.39, 0.29) is 5.92 Å². The molecule has 0 aromatic heterocycles. The lowest BCUT2D eigenvalue weighted by atomic mass is 10.1. The Bertz CT molecular complexity index is 377. The third-order valence-electron chi connectivity index (χ3n) is 2.39. The molecule has 2 N–H and O–H groups in total. The zero-order valence-corrected chi connectivity index (χ0v) is 11.2. The molecule has 0 spiro atoms. The molecule has 0 aliphatic heterocycles. The minimum absolute atomic E-state index is 0.0358. The highest BCUT2D eigenvalue weighted by Gasteiger charge is 2.09. The Hall–Kier alpha value is -1.05. The van der Waals surface area contributed by atoms with E-state index in [9.17, 15) is 0 Å². The van der Waals surface area contributed by atoms with E-state index in [4.69, 9.17) is 11.0 Å². The molecule has 1 aromatic carbocycles. The summed E-state index contributed by atoms with van der Waals surface area (Å²) in [4.78, 5) is 2.10. The fourth-order valence-corrected chi connectivity index (χ4v) is 2.09. The van der Waals surface area contributed by atoms with Crippen molar-refractivity contribution in [2.75, 3.05) is 19.3 Å². The van der Waals surface area contributed by atoms with Crippen molar-refractivity contribution in [3.63, 3.8) is 0 Å². The van der Waals surface area contributed by atoms with Crippen LogP contribution in [-0.4, -0.2) is 18.5 Å². The Morgan fingerprint density at radius 2 is 2.25 bits per heavy atom. The van der Waals surface area contributed by atoms with Crippen molar-refractivity contribution < 1.29 is 0 Å². The van der Waals surface area contributed by atoms with Crippen LogP contribution in [0.15, 0.2) is 22.7 Å². The van der Waals surface area contributed by atoms with Crippen molar-refractivity contribution in [3.05, 3.63) is 28.2 Å². The van der Waals surface area contributed by atoms with Crippen molar-refractivity contribution in [2.24, 2.45) is 5.92 Å². The van der Waals surface area contributed by atoms with Crippen LogP contribution in [0.4, 0.5) is 5.69 Å². The minimum atomic E-state index is 0.0358. The molecule has 0 fully saturated rings. The molecule has 1 unspecified atom stereocenters. The van der Waals surface area contributed by atoms with Gasteiger partial charge in [-0.05, 0) is 26.1 Å². The summed E-state index contributed by atoms with van der Waals surface area (Å²) in [6, 6.07) is 8.01. The van der Waals surface area contributed by atoms with Gasteiger partial charge in [-0.3, -0.25) is 0 Å². The van der Waals surface area contributed by atoms with E-state index in [2.05, 4.69) is 26.9 Å². The Labute approximate surface area is 105 Å². The van der Waals surface area contributed by atoms with Crippen LogP contribution in [-0.2, 0) is 6.54 Å². The number of nitrogens with zero attached hydrogens (tertiary/aromatic N) is 2. The van der Waals surface area contributed by atoms with Crippen molar-refractivity contribution >= 4 is 21.6 Å². The minimum Gasteiger partial charge on any atom is -0.398 e. The normalized spacial score (nSPS) is 12.4. The molecule has 0 heterocycles. The van der Waals surface area contributed by atoms with E-state index in [0.29, 0.717) is 0 Å². The lowest BCUT2D eigenvalue weighted by Gasteiger charge is -2.19. The average Bonchev–Trinajstić information content (AvgIpc) is 2.23. The van der Waals surface area contributed by atoms with Gasteiger partial charge >= 0.3 is 0 Å². The van der Waals surface area contributed by atoms with Gasteiger partial charge in [-0.1, -0.05) is 22.0 Å². The summed E-state index contributed by atoms with van der Waals surface area (Å²) in [6.07, 6.45) is 0. The average molecular weight is 282 g/mol. The number of halogens is 1. The molecule has 0 aliphatic carbocycles. The second kappa shape index (κ2) is 5.88. The fourth-order valence-electron chi connectivity index (χ4n) is 1.58. The SMILES string of the molecule is CC(C#N)CN(C)Cc1c(N)cccc1Br. The molecule has 16 heavy (non-hydrogen) atoms. The number of rotatable bonds is 4. The second-order valence-corrected chi connectivity index (χ2v) is 4.89. The fraction of sp³-hybridized carbons (Fsp3) is 0.417. The molecule has 86 valence electrons. The van der Waals surface area contributed by atoms with E-state index < -0.39 is 0 Å². The van der Waals surface area contributed by atoms with E-state index in [1.165, 1.54) is 0 Å². The third kappa shape index (κ3) is 3.51. The Morgan fingerprint density at radius 1 is 1.56 bits per heavy atom. The lowest BCUT2D eigenvalue weighted by Crippen LogP contribution is -2.24. The molecule has 4 heteroatoms. The van der Waals surface area contributed by atoms with Crippen molar-refractivity contribution in [1.29, 1.82) is 5.26 Å².